The standard InChI is InChI=1S/C16H21BrClNO/c1-11-8-14(18)6-7-15(11)16(20)19-10-13-5-3-2-4-12(13)9-17/h6-8,12-13H,2-5,9-10H2,1H3,(H,19,20). The third-order valence-electron chi connectivity index (χ3n) is 4.22. The molecule has 0 heterocycles. The Morgan fingerprint density at radius 3 is 2.70 bits per heavy atom. The number of halogens is 2. The molecule has 0 aliphatic heterocycles. The molecule has 2 nitrogen and oxygen atoms in total. The number of benzene rings is 1. The molecule has 1 N–H and O–H groups in total. The highest BCUT2D eigenvalue weighted by molar-refractivity contribution is 9.09. The summed E-state index contributed by atoms with van der Waals surface area (Å²) < 4.78 is 0. The second-order valence-corrected chi connectivity index (χ2v) is 6.71. The smallest absolute Gasteiger partial charge is 0.251 e. The normalized spacial score (nSPS) is 22.6. The summed E-state index contributed by atoms with van der Waals surface area (Å²) in [6.45, 7) is 2.69. The van der Waals surface area contributed by atoms with Crippen LogP contribution in [0.1, 0.15) is 41.6 Å². The Hall–Kier alpha value is -0.540. The molecule has 1 aromatic rings. The monoisotopic (exact) mass is 357 g/mol. The van der Waals surface area contributed by atoms with Crippen LogP contribution in [0.25, 0.3) is 0 Å². The van der Waals surface area contributed by atoms with Gasteiger partial charge < -0.3 is 5.32 Å². The van der Waals surface area contributed by atoms with Gasteiger partial charge in [-0.1, -0.05) is 40.4 Å². The molecular formula is C16H21BrClNO. The van der Waals surface area contributed by atoms with Gasteiger partial charge in [0.1, 0.15) is 0 Å². The van der Waals surface area contributed by atoms with E-state index in [4.69, 9.17) is 11.6 Å². The molecule has 2 unspecified atom stereocenters. The van der Waals surface area contributed by atoms with Crippen molar-refractivity contribution in [2.75, 3.05) is 11.9 Å². The first-order chi connectivity index (χ1) is 9.61. The van der Waals surface area contributed by atoms with E-state index in [0.29, 0.717) is 16.9 Å². The summed E-state index contributed by atoms with van der Waals surface area (Å²) in [4.78, 5) is 12.2. The first kappa shape index (κ1) is 15.8. The lowest BCUT2D eigenvalue weighted by Crippen LogP contribution is -2.35. The summed E-state index contributed by atoms with van der Waals surface area (Å²) in [6, 6.07) is 5.40. The van der Waals surface area contributed by atoms with Crippen molar-refractivity contribution in [1.82, 2.24) is 5.32 Å². The van der Waals surface area contributed by atoms with E-state index >= 15 is 0 Å². The van der Waals surface area contributed by atoms with E-state index in [2.05, 4.69) is 21.2 Å². The van der Waals surface area contributed by atoms with Gasteiger partial charge in [-0.2, -0.15) is 0 Å². The summed E-state index contributed by atoms with van der Waals surface area (Å²) >= 11 is 9.52. The number of nitrogens with one attached hydrogen (secondary N) is 1. The first-order valence-electron chi connectivity index (χ1n) is 7.22. The van der Waals surface area contributed by atoms with Gasteiger partial charge in [-0.25, -0.2) is 0 Å². The number of carbonyl (C=O) groups excluding carboxylic acids is 1. The lowest BCUT2D eigenvalue weighted by Gasteiger charge is -2.30. The first-order valence-corrected chi connectivity index (χ1v) is 8.72. The molecule has 0 radical (unpaired) electrons. The molecule has 20 heavy (non-hydrogen) atoms. The van der Waals surface area contributed by atoms with E-state index in [-0.39, 0.29) is 5.91 Å². The van der Waals surface area contributed by atoms with Crippen molar-refractivity contribution in [1.29, 1.82) is 0 Å². The third kappa shape index (κ3) is 3.98. The summed E-state index contributed by atoms with van der Waals surface area (Å²) in [6.07, 6.45) is 5.09. The molecule has 2 rings (SSSR count). The van der Waals surface area contributed by atoms with Crippen LogP contribution < -0.4 is 5.32 Å². The molecule has 4 heteroatoms. The fourth-order valence-corrected chi connectivity index (χ4v) is 4.04. The van der Waals surface area contributed by atoms with Crippen molar-refractivity contribution in [2.24, 2.45) is 11.8 Å². The molecule has 0 bridgehead atoms. The van der Waals surface area contributed by atoms with Gasteiger partial charge >= 0.3 is 0 Å². The topological polar surface area (TPSA) is 29.1 Å². The fraction of sp³-hybridized carbons (Fsp3) is 0.562. The van der Waals surface area contributed by atoms with E-state index in [1.165, 1.54) is 25.7 Å². The van der Waals surface area contributed by atoms with E-state index in [0.717, 1.165) is 23.0 Å². The van der Waals surface area contributed by atoms with Crippen LogP contribution in [-0.2, 0) is 0 Å². The van der Waals surface area contributed by atoms with Gasteiger partial charge in [0.05, 0.1) is 0 Å². The SMILES string of the molecule is Cc1cc(Cl)ccc1C(=O)NCC1CCCCC1CBr. The molecule has 0 aromatic heterocycles. The predicted molar refractivity (Wildman–Crippen MR) is 87.8 cm³/mol. The van der Waals surface area contributed by atoms with Crippen LogP contribution in [0.3, 0.4) is 0 Å². The van der Waals surface area contributed by atoms with Gasteiger partial charge in [0, 0.05) is 22.5 Å². The highest BCUT2D eigenvalue weighted by Gasteiger charge is 2.24. The molecule has 1 amide bonds. The van der Waals surface area contributed by atoms with Crippen molar-refractivity contribution < 1.29 is 4.79 Å². The lowest BCUT2D eigenvalue weighted by atomic mass is 9.80. The molecule has 1 aromatic carbocycles. The number of carbonyl (C=O) groups is 1. The van der Waals surface area contributed by atoms with E-state index in [1.807, 2.05) is 13.0 Å². The molecule has 0 saturated heterocycles. The van der Waals surface area contributed by atoms with Gasteiger partial charge in [-0.05, 0) is 55.4 Å². The summed E-state index contributed by atoms with van der Waals surface area (Å²) in [7, 11) is 0. The zero-order valence-electron chi connectivity index (χ0n) is 11.8. The average molecular weight is 359 g/mol. The Bertz CT molecular complexity index is 478. The fourth-order valence-electron chi connectivity index (χ4n) is 2.96. The minimum Gasteiger partial charge on any atom is -0.352 e. The highest BCUT2D eigenvalue weighted by Crippen LogP contribution is 2.30. The number of alkyl halides is 1. The van der Waals surface area contributed by atoms with Gasteiger partial charge in [0.15, 0.2) is 0 Å². The van der Waals surface area contributed by atoms with Crippen molar-refractivity contribution in [3.8, 4) is 0 Å². The highest BCUT2D eigenvalue weighted by atomic mass is 79.9. The molecule has 1 aliphatic carbocycles. The van der Waals surface area contributed by atoms with E-state index in [9.17, 15) is 4.79 Å². The third-order valence-corrected chi connectivity index (χ3v) is 5.29. The molecule has 2 atom stereocenters. The van der Waals surface area contributed by atoms with Crippen LogP contribution >= 0.6 is 27.5 Å². The Labute approximate surface area is 134 Å². The van der Waals surface area contributed by atoms with Gasteiger partial charge in [-0.15, -0.1) is 0 Å². The van der Waals surface area contributed by atoms with Crippen LogP contribution in [0.15, 0.2) is 18.2 Å². The van der Waals surface area contributed by atoms with Crippen molar-refractivity contribution in [2.45, 2.75) is 32.6 Å². The van der Waals surface area contributed by atoms with Crippen LogP contribution in [0.2, 0.25) is 5.02 Å². The Morgan fingerprint density at radius 2 is 2.05 bits per heavy atom. The maximum Gasteiger partial charge on any atom is 0.251 e. The Morgan fingerprint density at radius 1 is 1.35 bits per heavy atom. The van der Waals surface area contributed by atoms with E-state index < -0.39 is 0 Å². The van der Waals surface area contributed by atoms with Gasteiger partial charge in [-0.3, -0.25) is 4.79 Å². The van der Waals surface area contributed by atoms with Gasteiger partial charge in [0.25, 0.3) is 5.91 Å². The maximum atomic E-state index is 12.2. The number of aryl methyl sites for hydroxylation is 1. The second kappa shape index (κ2) is 7.46. The summed E-state index contributed by atoms with van der Waals surface area (Å²) in [5.74, 6) is 1.30. The minimum absolute atomic E-state index is 0.0121. The molecular weight excluding hydrogens is 338 g/mol. The van der Waals surface area contributed by atoms with Crippen molar-refractivity contribution in [3.05, 3.63) is 34.3 Å². The number of rotatable bonds is 4. The summed E-state index contributed by atoms with van der Waals surface area (Å²) in [5, 5.41) is 4.80. The van der Waals surface area contributed by atoms with E-state index in [1.54, 1.807) is 12.1 Å². The zero-order chi connectivity index (χ0) is 14.5. The number of amides is 1. The van der Waals surface area contributed by atoms with Crippen LogP contribution in [-0.4, -0.2) is 17.8 Å². The largest absolute Gasteiger partial charge is 0.352 e. The second-order valence-electron chi connectivity index (χ2n) is 5.63. The van der Waals surface area contributed by atoms with Crippen molar-refractivity contribution in [3.63, 3.8) is 0 Å². The number of hydrogen-bond acceptors (Lipinski definition) is 1. The zero-order valence-corrected chi connectivity index (χ0v) is 14.1. The molecule has 0 spiro atoms. The lowest BCUT2D eigenvalue weighted by molar-refractivity contribution is 0.0936. The molecule has 110 valence electrons. The predicted octanol–water partition coefficient (Wildman–Crippen LogP) is 4.58. The van der Waals surface area contributed by atoms with Crippen molar-refractivity contribution >= 4 is 33.4 Å². The summed E-state index contributed by atoms with van der Waals surface area (Å²) in [5.41, 5.74) is 1.65. The molecule has 1 fully saturated rings. The Kier molecular flexibility index (Phi) is 5.91. The molecule has 1 saturated carbocycles. The van der Waals surface area contributed by atoms with Crippen LogP contribution in [0.5, 0.6) is 0 Å². The van der Waals surface area contributed by atoms with Crippen LogP contribution in [0, 0.1) is 18.8 Å². The maximum absolute atomic E-state index is 12.2. The minimum atomic E-state index is 0.0121. The number of hydrogen-bond donors (Lipinski definition) is 1. The van der Waals surface area contributed by atoms with Gasteiger partial charge in [0.2, 0.25) is 0 Å². The Balaban J connectivity index is 1.94. The molecule has 1 aliphatic rings. The van der Waals surface area contributed by atoms with Crippen LogP contribution in [0.4, 0.5) is 0 Å². The average Bonchev–Trinajstić information content (AvgIpc) is 2.45. The quantitative estimate of drug-likeness (QED) is 0.784.